The van der Waals surface area contributed by atoms with E-state index in [4.69, 9.17) is 9.78 Å². The fourth-order valence-corrected chi connectivity index (χ4v) is 2.68. The molecule has 0 aliphatic heterocycles. The Hall–Kier alpha value is -3.46. The average Bonchev–Trinajstić information content (AvgIpc) is 3.09. The second-order valence-electron chi connectivity index (χ2n) is 6.28. The van der Waals surface area contributed by atoms with E-state index >= 15 is 0 Å². The number of Topliss-reactive ketones (excluding diaryl/α,β-unsaturated/α-hetero) is 1. The third-order valence-corrected chi connectivity index (χ3v) is 4.12. The smallest absolute Gasteiger partial charge is 0.291 e. The topological polar surface area (TPSA) is 96.0 Å². The van der Waals surface area contributed by atoms with E-state index < -0.39 is 11.9 Å². The molecule has 6 nitrogen and oxygen atoms in total. The quantitative estimate of drug-likeness (QED) is 0.714. The number of carbonyl (C=O) groups is 2. The van der Waals surface area contributed by atoms with Gasteiger partial charge in [0, 0.05) is 5.56 Å². The van der Waals surface area contributed by atoms with Crippen LogP contribution in [0.1, 0.15) is 40.3 Å². The van der Waals surface area contributed by atoms with Crippen molar-refractivity contribution in [3.05, 3.63) is 65.4 Å². The van der Waals surface area contributed by atoms with Crippen molar-refractivity contribution in [2.45, 2.75) is 19.9 Å². The molecule has 1 amide bonds. The fraction of sp³-hybridized carbons (Fsp3) is 0.200. The first-order valence-electron chi connectivity index (χ1n) is 8.21. The molecule has 3 aromatic rings. The summed E-state index contributed by atoms with van der Waals surface area (Å²) in [6, 6.07) is 14.7. The van der Waals surface area contributed by atoms with Gasteiger partial charge in [0.25, 0.3) is 5.91 Å². The number of hydrogen-bond acceptors (Lipinski definition) is 5. The number of ketones is 1. The van der Waals surface area contributed by atoms with Crippen molar-refractivity contribution >= 4 is 22.6 Å². The highest BCUT2D eigenvalue weighted by molar-refractivity contribution is 6.07. The molecule has 130 valence electrons. The van der Waals surface area contributed by atoms with E-state index in [9.17, 15) is 9.59 Å². The fourth-order valence-electron chi connectivity index (χ4n) is 2.68. The van der Waals surface area contributed by atoms with Crippen LogP contribution in [0.4, 0.5) is 0 Å². The molecular weight excluding hydrogens is 330 g/mol. The molecule has 2 aromatic carbocycles. The van der Waals surface area contributed by atoms with E-state index in [1.807, 2.05) is 19.9 Å². The predicted octanol–water partition coefficient (Wildman–Crippen LogP) is 3.34. The van der Waals surface area contributed by atoms with Crippen molar-refractivity contribution in [3.8, 4) is 6.07 Å². The molecule has 26 heavy (non-hydrogen) atoms. The van der Waals surface area contributed by atoms with Gasteiger partial charge in [-0.2, -0.15) is 5.26 Å². The lowest BCUT2D eigenvalue weighted by molar-refractivity contribution is 0.0812. The highest BCUT2D eigenvalue weighted by Crippen LogP contribution is 2.19. The zero-order chi connectivity index (χ0) is 18.7. The molecule has 1 heterocycles. The maximum Gasteiger partial charge on any atom is 0.291 e. The summed E-state index contributed by atoms with van der Waals surface area (Å²) in [5.41, 5.74) is 1.49. The minimum absolute atomic E-state index is 0.0823. The second kappa shape index (κ2) is 7.19. The molecule has 0 saturated heterocycles. The van der Waals surface area contributed by atoms with Crippen LogP contribution >= 0.6 is 0 Å². The van der Waals surface area contributed by atoms with Crippen molar-refractivity contribution in [3.63, 3.8) is 0 Å². The van der Waals surface area contributed by atoms with Crippen LogP contribution in [0, 0.1) is 17.2 Å². The van der Waals surface area contributed by atoms with Gasteiger partial charge in [0.05, 0.1) is 23.1 Å². The number of carbonyl (C=O) groups excluding carboxylic acids is 2. The van der Waals surface area contributed by atoms with Crippen LogP contribution in [0.25, 0.3) is 10.9 Å². The highest BCUT2D eigenvalue weighted by atomic mass is 16.5. The Bertz CT molecular complexity index is 997. The normalized spacial score (nSPS) is 11.9. The zero-order valence-electron chi connectivity index (χ0n) is 14.4. The Morgan fingerprint density at radius 2 is 1.81 bits per heavy atom. The number of hydrogen-bond donors (Lipinski definition) is 1. The SMILES string of the molecule is CC(C)C(NC(=O)c1onc2ccccc12)C(=O)c1ccc(C#N)cc1. The minimum Gasteiger partial charge on any atom is -0.350 e. The Morgan fingerprint density at radius 3 is 2.46 bits per heavy atom. The van der Waals surface area contributed by atoms with E-state index in [2.05, 4.69) is 10.5 Å². The molecule has 1 unspecified atom stereocenters. The summed E-state index contributed by atoms with van der Waals surface area (Å²) in [6.45, 7) is 3.70. The van der Waals surface area contributed by atoms with Crippen molar-refractivity contribution in [1.29, 1.82) is 5.26 Å². The molecule has 0 bridgehead atoms. The molecule has 0 aliphatic carbocycles. The van der Waals surface area contributed by atoms with Crippen LogP contribution in [0.2, 0.25) is 0 Å². The Kier molecular flexibility index (Phi) is 4.81. The van der Waals surface area contributed by atoms with E-state index in [1.54, 1.807) is 48.5 Å². The molecule has 1 atom stereocenters. The summed E-state index contributed by atoms with van der Waals surface area (Å²) in [7, 11) is 0. The third-order valence-electron chi connectivity index (χ3n) is 4.12. The summed E-state index contributed by atoms with van der Waals surface area (Å²) >= 11 is 0. The average molecular weight is 347 g/mol. The van der Waals surface area contributed by atoms with Gasteiger partial charge in [-0.25, -0.2) is 0 Å². The van der Waals surface area contributed by atoms with Gasteiger partial charge in [-0.1, -0.05) is 43.3 Å². The number of rotatable bonds is 5. The molecule has 0 spiro atoms. The van der Waals surface area contributed by atoms with Crippen LogP contribution in [0.15, 0.2) is 53.1 Å². The van der Waals surface area contributed by atoms with Gasteiger partial charge in [-0.15, -0.1) is 0 Å². The van der Waals surface area contributed by atoms with Crippen molar-refractivity contribution in [2.24, 2.45) is 5.92 Å². The maximum atomic E-state index is 12.8. The van der Waals surface area contributed by atoms with E-state index in [1.165, 1.54) is 0 Å². The van der Waals surface area contributed by atoms with Crippen LogP contribution in [-0.2, 0) is 0 Å². The summed E-state index contributed by atoms with van der Waals surface area (Å²) in [6.07, 6.45) is 0. The maximum absolute atomic E-state index is 12.8. The predicted molar refractivity (Wildman–Crippen MR) is 95.6 cm³/mol. The number of nitrogens with one attached hydrogen (secondary N) is 1. The number of fused-ring (bicyclic) bond motifs is 1. The zero-order valence-corrected chi connectivity index (χ0v) is 14.4. The standard InChI is InChI=1S/C20H17N3O3/c1-12(2)17(18(24)14-9-7-13(11-21)8-10-14)22-20(25)19-15-5-3-4-6-16(15)23-26-19/h3-10,12,17H,1-2H3,(H,22,25). The second-order valence-corrected chi connectivity index (χ2v) is 6.28. The monoisotopic (exact) mass is 347 g/mol. The molecule has 1 aromatic heterocycles. The van der Waals surface area contributed by atoms with Crippen molar-refractivity contribution in [1.82, 2.24) is 10.5 Å². The molecule has 0 fully saturated rings. The van der Waals surface area contributed by atoms with Crippen LogP contribution in [0.5, 0.6) is 0 Å². The Labute approximate surface area is 150 Å². The lowest BCUT2D eigenvalue weighted by Gasteiger charge is -2.20. The number of amides is 1. The van der Waals surface area contributed by atoms with Gasteiger partial charge in [0.2, 0.25) is 5.76 Å². The lowest BCUT2D eigenvalue weighted by Crippen LogP contribution is -2.44. The van der Waals surface area contributed by atoms with Crippen LogP contribution < -0.4 is 5.32 Å². The first kappa shape index (κ1) is 17.4. The van der Waals surface area contributed by atoms with E-state index in [-0.39, 0.29) is 17.5 Å². The molecule has 0 saturated carbocycles. The first-order valence-corrected chi connectivity index (χ1v) is 8.21. The van der Waals surface area contributed by atoms with Gasteiger partial charge in [0.1, 0.15) is 5.52 Å². The van der Waals surface area contributed by atoms with Gasteiger partial charge >= 0.3 is 0 Å². The number of nitrogens with zero attached hydrogens (tertiary/aromatic N) is 2. The van der Waals surface area contributed by atoms with Crippen LogP contribution in [0.3, 0.4) is 0 Å². The summed E-state index contributed by atoms with van der Waals surface area (Å²) in [5, 5.41) is 16.1. The third kappa shape index (κ3) is 3.33. The minimum atomic E-state index is -0.723. The van der Waals surface area contributed by atoms with Gasteiger partial charge in [0.15, 0.2) is 5.78 Å². The first-order chi connectivity index (χ1) is 12.5. The largest absolute Gasteiger partial charge is 0.350 e. The molecule has 6 heteroatoms. The van der Waals surface area contributed by atoms with Gasteiger partial charge < -0.3 is 9.84 Å². The highest BCUT2D eigenvalue weighted by Gasteiger charge is 2.28. The molecule has 3 rings (SSSR count). The van der Waals surface area contributed by atoms with Gasteiger partial charge in [-0.3, -0.25) is 9.59 Å². The molecule has 0 radical (unpaired) electrons. The van der Waals surface area contributed by atoms with E-state index in [0.29, 0.717) is 22.0 Å². The van der Waals surface area contributed by atoms with Crippen molar-refractivity contribution < 1.29 is 14.1 Å². The van der Waals surface area contributed by atoms with Gasteiger partial charge in [-0.05, 0) is 30.2 Å². The summed E-state index contributed by atoms with van der Waals surface area (Å²) in [5.74, 6) is -0.754. The number of aromatic nitrogens is 1. The summed E-state index contributed by atoms with van der Waals surface area (Å²) in [4.78, 5) is 25.4. The van der Waals surface area contributed by atoms with Crippen LogP contribution in [-0.4, -0.2) is 22.9 Å². The number of benzene rings is 2. The lowest BCUT2D eigenvalue weighted by atomic mass is 9.94. The van der Waals surface area contributed by atoms with Crippen molar-refractivity contribution in [2.75, 3.05) is 0 Å². The number of nitriles is 1. The van der Waals surface area contributed by atoms with E-state index in [0.717, 1.165) is 0 Å². The summed E-state index contributed by atoms with van der Waals surface area (Å²) < 4.78 is 5.16. The Morgan fingerprint density at radius 1 is 1.12 bits per heavy atom. The Balaban J connectivity index is 1.85. The molecular formula is C20H17N3O3. The molecule has 0 aliphatic rings. The molecule has 1 N–H and O–H groups in total.